The fourth-order valence-corrected chi connectivity index (χ4v) is 3.84. The molecule has 0 spiro atoms. The van der Waals surface area contributed by atoms with Crippen LogP contribution in [0.25, 0.3) is 11.3 Å². The zero-order chi connectivity index (χ0) is 19.4. The molecule has 3 rings (SSSR count). The largest absolute Gasteiger partial charge is 0.496 e. The zero-order valence-electron chi connectivity index (χ0n) is 14.0. The van der Waals surface area contributed by atoms with E-state index >= 15 is 0 Å². The van der Waals surface area contributed by atoms with Gasteiger partial charge in [-0.15, -0.1) is 11.3 Å². The number of benzene rings is 2. The van der Waals surface area contributed by atoms with Crippen molar-refractivity contribution in [2.24, 2.45) is 0 Å². The summed E-state index contributed by atoms with van der Waals surface area (Å²) in [5.41, 5.74) is 2.19. The van der Waals surface area contributed by atoms with Gasteiger partial charge in [0, 0.05) is 21.5 Å². The number of thiocarbonyl (C=S) groups is 1. The molecule has 0 saturated heterocycles. The molecule has 27 heavy (non-hydrogen) atoms. The van der Waals surface area contributed by atoms with E-state index in [2.05, 4.69) is 31.5 Å². The molecule has 2 N–H and O–H groups in total. The first-order valence-electron chi connectivity index (χ1n) is 7.63. The molecule has 0 aliphatic carbocycles. The maximum absolute atomic E-state index is 12.2. The summed E-state index contributed by atoms with van der Waals surface area (Å²) in [5, 5.41) is 8.76. The minimum Gasteiger partial charge on any atom is -0.496 e. The van der Waals surface area contributed by atoms with E-state index in [-0.39, 0.29) is 11.0 Å². The lowest BCUT2D eigenvalue weighted by molar-refractivity contribution is 0.0978. The van der Waals surface area contributed by atoms with Crippen LogP contribution in [-0.4, -0.2) is 23.1 Å². The lowest BCUT2D eigenvalue weighted by Crippen LogP contribution is -2.34. The predicted molar refractivity (Wildman–Crippen MR) is 117 cm³/mol. The molecule has 0 unspecified atom stereocenters. The predicted octanol–water partition coefficient (Wildman–Crippen LogP) is 5.36. The second-order valence-corrected chi connectivity index (χ2v) is 7.86. The Morgan fingerprint density at radius 3 is 2.67 bits per heavy atom. The molecule has 1 amide bonds. The van der Waals surface area contributed by atoms with E-state index in [1.54, 1.807) is 31.4 Å². The number of hydrogen-bond donors (Lipinski definition) is 2. The van der Waals surface area contributed by atoms with E-state index in [1.165, 1.54) is 11.3 Å². The molecule has 0 atom stereocenters. The zero-order valence-corrected chi connectivity index (χ0v) is 17.9. The van der Waals surface area contributed by atoms with Crippen molar-refractivity contribution in [3.05, 3.63) is 62.9 Å². The number of aromatic nitrogens is 1. The van der Waals surface area contributed by atoms with Crippen LogP contribution in [0.3, 0.4) is 0 Å². The normalized spacial score (nSPS) is 10.3. The van der Waals surface area contributed by atoms with Crippen LogP contribution < -0.4 is 15.4 Å². The van der Waals surface area contributed by atoms with E-state index in [1.807, 2.05) is 23.6 Å². The maximum Gasteiger partial charge on any atom is 0.257 e. The number of halogens is 2. The highest BCUT2D eigenvalue weighted by atomic mass is 79.9. The summed E-state index contributed by atoms with van der Waals surface area (Å²) in [4.78, 5) is 16.7. The van der Waals surface area contributed by atoms with Crippen molar-refractivity contribution < 1.29 is 9.53 Å². The minimum absolute atomic E-state index is 0.173. The van der Waals surface area contributed by atoms with Crippen LogP contribution in [0.15, 0.2) is 52.3 Å². The van der Waals surface area contributed by atoms with Gasteiger partial charge in [0.15, 0.2) is 10.2 Å². The van der Waals surface area contributed by atoms with E-state index in [0.717, 1.165) is 21.5 Å². The number of amides is 1. The highest BCUT2D eigenvalue weighted by molar-refractivity contribution is 9.10. The number of methoxy groups -OCH3 is 1. The lowest BCUT2D eigenvalue weighted by atomic mass is 10.2. The number of carbonyl (C=O) groups is 1. The molecule has 0 aliphatic heterocycles. The third kappa shape index (κ3) is 5.04. The van der Waals surface area contributed by atoms with Gasteiger partial charge in [-0.1, -0.05) is 11.6 Å². The Balaban J connectivity index is 1.65. The average molecular weight is 483 g/mol. The van der Waals surface area contributed by atoms with Crippen LogP contribution in [0.2, 0.25) is 5.02 Å². The summed E-state index contributed by atoms with van der Waals surface area (Å²) >= 11 is 15.9. The SMILES string of the molecule is COc1ccc(-c2csc(NC(=S)NC(=O)c3ccc(Cl)cc3)n2)cc1Br. The quantitative estimate of drug-likeness (QED) is 0.490. The summed E-state index contributed by atoms with van der Waals surface area (Å²) in [7, 11) is 1.61. The first-order chi connectivity index (χ1) is 13.0. The summed E-state index contributed by atoms with van der Waals surface area (Å²) in [5.74, 6) is 0.429. The van der Waals surface area contributed by atoms with Crippen LogP contribution in [-0.2, 0) is 0 Å². The van der Waals surface area contributed by atoms with E-state index in [0.29, 0.717) is 15.7 Å². The molecular formula is C18H13BrClN3O2S2. The van der Waals surface area contributed by atoms with Crippen molar-refractivity contribution in [1.29, 1.82) is 0 Å². The van der Waals surface area contributed by atoms with Crippen molar-refractivity contribution in [3.8, 4) is 17.0 Å². The van der Waals surface area contributed by atoms with Crippen molar-refractivity contribution in [2.45, 2.75) is 0 Å². The number of carbonyl (C=O) groups excluding carboxylic acids is 1. The van der Waals surface area contributed by atoms with Crippen molar-refractivity contribution in [3.63, 3.8) is 0 Å². The molecule has 2 aromatic carbocycles. The van der Waals surface area contributed by atoms with Crippen LogP contribution in [0.4, 0.5) is 5.13 Å². The van der Waals surface area contributed by atoms with Crippen molar-refractivity contribution >= 4 is 67.2 Å². The number of hydrogen-bond acceptors (Lipinski definition) is 5. The number of nitrogens with one attached hydrogen (secondary N) is 2. The lowest BCUT2D eigenvalue weighted by Gasteiger charge is -2.07. The molecule has 5 nitrogen and oxygen atoms in total. The highest BCUT2D eigenvalue weighted by Gasteiger charge is 2.11. The van der Waals surface area contributed by atoms with E-state index in [4.69, 9.17) is 28.6 Å². The topological polar surface area (TPSA) is 63.2 Å². The van der Waals surface area contributed by atoms with Gasteiger partial charge in [-0.25, -0.2) is 4.98 Å². The highest BCUT2D eigenvalue weighted by Crippen LogP contribution is 2.32. The number of thiazole rings is 1. The standard InChI is InChI=1S/C18H13BrClN3O2S2/c1-25-15-7-4-11(8-13(15)19)14-9-27-18(21-14)23-17(26)22-16(24)10-2-5-12(20)6-3-10/h2-9H,1H3,(H2,21,22,23,24,26). The van der Waals surface area contributed by atoms with Crippen LogP contribution in [0, 0.1) is 0 Å². The Bertz CT molecular complexity index is 993. The van der Waals surface area contributed by atoms with E-state index in [9.17, 15) is 4.79 Å². The van der Waals surface area contributed by atoms with Gasteiger partial charge in [0.05, 0.1) is 17.3 Å². The van der Waals surface area contributed by atoms with Crippen molar-refractivity contribution in [2.75, 3.05) is 12.4 Å². The Labute approximate surface area is 178 Å². The van der Waals surface area contributed by atoms with Gasteiger partial charge in [0.2, 0.25) is 0 Å². The van der Waals surface area contributed by atoms with E-state index < -0.39 is 0 Å². The molecule has 0 fully saturated rings. The minimum atomic E-state index is -0.319. The number of anilines is 1. The number of nitrogens with zero attached hydrogens (tertiary/aromatic N) is 1. The molecule has 1 aromatic heterocycles. The van der Waals surface area contributed by atoms with Gasteiger partial charge < -0.3 is 10.1 Å². The average Bonchev–Trinajstić information content (AvgIpc) is 3.10. The molecule has 0 bridgehead atoms. The molecule has 0 saturated carbocycles. The Hall–Kier alpha value is -2.00. The van der Waals surface area contributed by atoms with Gasteiger partial charge in [-0.2, -0.15) is 0 Å². The first kappa shape index (κ1) is 19.8. The van der Waals surface area contributed by atoms with Gasteiger partial charge in [0.25, 0.3) is 5.91 Å². The second kappa shape index (κ2) is 8.79. The summed E-state index contributed by atoms with van der Waals surface area (Å²) in [6.07, 6.45) is 0. The van der Waals surface area contributed by atoms with Gasteiger partial charge in [-0.3, -0.25) is 10.1 Å². The molecule has 138 valence electrons. The van der Waals surface area contributed by atoms with Crippen molar-refractivity contribution in [1.82, 2.24) is 10.3 Å². The van der Waals surface area contributed by atoms with Gasteiger partial charge >= 0.3 is 0 Å². The third-order valence-corrected chi connectivity index (χ3v) is 5.34. The Morgan fingerprint density at radius 1 is 1.26 bits per heavy atom. The van der Waals surface area contributed by atoms with Gasteiger partial charge in [0.1, 0.15) is 5.75 Å². The molecule has 0 aliphatic rings. The van der Waals surface area contributed by atoms with Gasteiger partial charge in [-0.05, 0) is 70.6 Å². The summed E-state index contributed by atoms with van der Waals surface area (Å²) in [6, 6.07) is 12.3. The number of ether oxygens (including phenoxy) is 1. The fourth-order valence-electron chi connectivity index (χ4n) is 2.19. The number of rotatable bonds is 4. The molecular weight excluding hydrogens is 470 g/mol. The van der Waals surface area contributed by atoms with Crippen LogP contribution in [0.1, 0.15) is 10.4 Å². The Kier molecular flexibility index (Phi) is 6.43. The molecule has 1 heterocycles. The fraction of sp³-hybridized carbons (Fsp3) is 0.0556. The third-order valence-electron chi connectivity index (χ3n) is 3.51. The molecule has 9 heteroatoms. The monoisotopic (exact) mass is 481 g/mol. The molecule has 3 aromatic rings. The Morgan fingerprint density at radius 2 is 2.00 bits per heavy atom. The molecule has 0 radical (unpaired) electrons. The second-order valence-electron chi connectivity index (χ2n) is 5.30. The van der Waals surface area contributed by atoms with Crippen LogP contribution >= 0.6 is 51.1 Å². The summed E-state index contributed by atoms with van der Waals surface area (Å²) < 4.78 is 6.08. The smallest absolute Gasteiger partial charge is 0.257 e. The first-order valence-corrected chi connectivity index (χ1v) is 10.1. The summed E-state index contributed by atoms with van der Waals surface area (Å²) in [6.45, 7) is 0. The maximum atomic E-state index is 12.2. The van der Waals surface area contributed by atoms with Crippen LogP contribution in [0.5, 0.6) is 5.75 Å².